The minimum absolute atomic E-state index is 0.271. The summed E-state index contributed by atoms with van der Waals surface area (Å²) in [5.74, 6) is -1.44. The number of carboxylic acids is 1. The quantitative estimate of drug-likeness (QED) is 0.553. The molecule has 9 heteroatoms. The Morgan fingerprint density at radius 2 is 2.29 bits per heavy atom. The zero-order valence-corrected chi connectivity index (χ0v) is 10.2. The van der Waals surface area contributed by atoms with Gasteiger partial charge < -0.3 is 9.84 Å². The molecule has 0 aliphatic heterocycles. The van der Waals surface area contributed by atoms with Gasteiger partial charge in [-0.15, -0.1) is 5.10 Å². The second-order valence-corrected chi connectivity index (χ2v) is 4.33. The molecule has 17 heavy (non-hydrogen) atoms. The highest BCUT2D eigenvalue weighted by molar-refractivity contribution is 8.00. The van der Waals surface area contributed by atoms with E-state index in [2.05, 4.69) is 15.5 Å². The van der Waals surface area contributed by atoms with Crippen molar-refractivity contribution < 1.29 is 19.4 Å². The fourth-order valence-electron chi connectivity index (χ4n) is 0.974. The van der Waals surface area contributed by atoms with E-state index >= 15 is 0 Å². The minimum Gasteiger partial charge on any atom is -0.480 e. The van der Waals surface area contributed by atoms with Gasteiger partial charge in [0, 0.05) is 0 Å². The van der Waals surface area contributed by atoms with Gasteiger partial charge >= 0.3 is 11.9 Å². The molecule has 1 unspecified atom stereocenters. The average Bonchev–Trinajstić information content (AvgIpc) is 2.65. The largest absolute Gasteiger partial charge is 0.480 e. The summed E-state index contributed by atoms with van der Waals surface area (Å²) in [6.07, 6.45) is 0. The topological polar surface area (TPSA) is 107 Å². The van der Waals surface area contributed by atoms with Gasteiger partial charge in [0.05, 0.1) is 6.61 Å². The first-order valence-corrected chi connectivity index (χ1v) is 5.73. The predicted molar refractivity (Wildman–Crippen MR) is 57.4 cm³/mol. The fourth-order valence-corrected chi connectivity index (χ4v) is 1.76. The summed E-state index contributed by atoms with van der Waals surface area (Å²) in [5.41, 5.74) is 0. The molecule has 1 aromatic heterocycles. The van der Waals surface area contributed by atoms with E-state index in [1.165, 1.54) is 0 Å². The molecule has 0 amide bonds. The van der Waals surface area contributed by atoms with Crippen LogP contribution in [0.15, 0.2) is 5.16 Å². The van der Waals surface area contributed by atoms with Gasteiger partial charge in [-0.3, -0.25) is 9.59 Å². The third-order valence-corrected chi connectivity index (χ3v) is 2.73. The molecule has 0 bridgehead atoms. The van der Waals surface area contributed by atoms with Crippen LogP contribution in [0.4, 0.5) is 0 Å². The molecule has 1 N–H and O–H groups in total. The Labute approximate surface area is 101 Å². The second kappa shape index (κ2) is 6.18. The van der Waals surface area contributed by atoms with Crippen molar-refractivity contribution in [2.24, 2.45) is 0 Å². The lowest BCUT2D eigenvalue weighted by molar-refractivity contribution is -0.142. The molecule has 1 rings (SSSR count). The monoisotopic (exact) mass is 260 g/mol. The van der Waals surface area contributed by atoms with Crippen molar-refractivity contribution in [2.45, 2.75) is 30.8 Å². The van der Waals surface area contributed by atoms with Crippen LogP contribution in [-0.2, 0) is 20.9 Å². The highest BCUT2D eigenvalue weighted by Gasteiger charge is 2.20. The Morgan fingerprint density at radius 1 is 1.59 bits per heavy atom. The van der Waals surface area contributed by atoms with Crippen LogP contribution in [0.2, 0.25) is 0 Å². The molecule has 0 fully saturated rings. The Morgan fingerprint density at radius 3 is 2.88 bits per heavy atom. The lowest BCUT2D eigenvalue weighted by atomic mass is 10.5. The molecule has 0 aliphatic carbocycles. The van der Waals surface area contributed by atoms with E-state index in [1.807, 2.05) is 0 Å². The molecule has 1 heterocycles. The number of rotatable bonds is 6. The maximum Gasteiger partial charge on any atom is 0.325 e. The van der Waals surface area contributed by atoms with E-state index in [-0.39, 0.29) is 17.7 Å². The van der Waals surface area contributed by atoms with Crippen molar-refractivity contribution in [3.63, 3.8) is 0 Å². The maximum atomic E-state index is 11.4. The zero-order valence-electron chi connectivity index (χ0n) is 9.36. The number of hydrogen-bond acceptors (Lipinski definition) is 7. The Hall–Kier alpha value is -1.64. The molecule has 8 nitrogen and oxygen atoms in total. The summed E-state index contributed by atoms with van der Waals surface area (Å²) in [7, 11) is 0. The molecule has 0 aromatic carbocycles. The van der Waals surface area contributed by atoms with Crippen molar-refractivity contribution >= 4 is 23.7 Å². The van der Waals surface area contributed by atoms with Crippen LogP contribution in [0.5, 0.6) is 0 Å². The standard InChI is InChI=1S/C8H12N4O4S/c1-3-16-7(15)5(2)17-8-9-10-11-12(8)4-6(13)14/h5H,3-4H2,1-2H3,(H,13,14). The highest BCUT2D eigenvalue weighted by atomic mass is 32.2. The van der Waals surface area contributed by atoms with Crippen molar-refractivity contribution in [3.05, 3.63) is 0 Å². The number of carbonyl (C=O) groups is 2. The Bertz CT molecular complexity index is 408. The molecule has 1 aromatic rings. The van der Waals surface area contributed by atoms with Crippen molar-refractivity contribution in [2.75, 3.05) is 6.61 Å². The summed E-state index contributed by atoms with van der Waals surface area (Å²) in [5, 5.41) is 18.9. The van der Waals surface area contributed by atoms with E-state index < -0.39 is 11.2 Å². The molecule has 0 radical (unpaired) electrons. The number of carbonyl (C=O) groups excluding carboxylic acids is 1. The Kier molecular flexibility index (Phi) is 4.88. The smallest absolute Gasteiger partial charge is 0.325 e. The number of aliphatic carboxylic acids is 1. The minimum atomic E-state index is -1.05. The molecule has 1 atom stereocenters. The van der Waals surface area contributed by atoms with Gasteiger partial charge in [0.15, 0.2) is 0 Å². The number of carboxylic acid groups (broad SMARTS) is 1. The third kappa shape index (κ3) is 4.02. The predicted octanol–water partition coefficient (Wildman–Crippen LogP) is -0.199. The van der Waals surface area contributed by atoms with Crippen molar-refractivity contribution in [1.29, 1.82) is 0 Å². The molecule has 0 spiro atoms. The van der Waals surface area contributed by atoms with Crippen LogP contribution >= 0.6 is 11.8 Å². The van der Waals surface area contributed by atoms with Gasteiger partial charge in [-0.25, -0.2) is 4.68 Å². The van der Waals surface area contributed by atoms with E-state index in [9.17, 15) is 9.59 Å². The summed E-state index contributed by atoms with van der Waals surface area (Å²) < 4.78 is 5.93. The molecule has 0 saturated heterocycles. The number of thioether (sulfide) groups is 1. The summed E-state index contributed by atoms with van der Waals surface area (Å²) in [6.45, 7) is 3.31. The average molecular weight is 260 g/mol. The number of tetrazole rings is 1. The number of nitrogens with zero attached hydrogens (tertiary/aromatic N) is 4. The van der Waals surface area contributed by atoms with Gasteiger partial charge in [0.25, 0.3) is 0 Å². The van der Waals surface area contributed by atoms with Crippen LogP contribution in [0.25, 0.3) is 0 Å². The SMILES string of the molecule is CCOC(=O)C(C)Sc1nnnn1CC(=O)O. The van der Waals surface area contributed by atoms with E-state index in [0.29, 0.717) is 6.61 Å². The van der Waals surface area contributed by atoms with Gasteiger partial charge in [-0.2, -0.15) is 0 Å². The van der Waals surface area contributed by atoms with Crippen LogP contribution in [-0.4, -0.2) is 49.1 Å². The number of hydrogen-bond donors (Lipinski definition) is 1. The van der Waals surface area contributed by atoms with E-state index in [1.54, 1.807) is 13.8 Å². The fraction of sp³-hybridized carbons (Fsp3) is 0.625. The summed E-state index contributed by atoms with van der Waals surface area (Å²) >= 11 is 1.06. The molecule has 0 aliphatic rings. The maximum absolute atomic E-state index is 11.4. The number of ether oxygens (including phenoxy) is 1. The second-order valence-electron chi connectivity index (χ2n) is 3.02. The molecule has 94 valence electrons. The van der Waals surface area contributed by atoms with Crippen LogP contribution in [0, 0.1) is 0 Å². The van der Waals surface area contributed by atoms with Crippen LogP contribution in [0.1, 0.15) is 13.8 Å². The lowest BCUT2D eigenvalue weighted by Gasteiger charge is -2.08. The molecular formula is C8H12N4O4S. The van der Waals surface area contributed by atoms with Crippen LogP contribution < -0.4 is 0 Å². The third-order valence-electron chi connectivity index (χ3n) is 1.68. The lowest BCUT2D eigenvalue weighted by Crippen LogP contribution is -2.18. The van der Waals surface area contributed by atoms with Gasteiger partial charge in [-0.1, -0.05) is 11.8 Å². The van der Waals surface area contributed by atoms with Crippen molar-refractivity contribution in [3.8, 4) is 0 Å². The zero-order chi connectivity index (χ0) is 12.8. The van der Waals surface area contributed by atoms with E-state index in [4.69, 9.17) is 9.84 Å². The van der Waals surface area contributed by atoms with E-state index in [0.717, 1.165) is 16.4 Å². The van der Waals surface area contributed by atoms with Gasteiger partial charge in [-0.05, 0) is 24.3 Å². The highest BCUT2D eigenvalue weighted by Crippen LogP contribution is 2.20. The summed E-state index contributed by atoms with van der Waals surface area (Å²) in [4.78, 5) is 21.9. The number of aromatic nitrogens is 4. The first-order valence-electron chi connectivity index (χ1n) is 4.85. The first-order chi connectivity index (χ1) is 8.04. The van der Waals surface area contributed by atoms with Crippen molar-refractivity contribution in [1.82, 2.24) is 20.2 Å². The summed E-state index contributed by atoms with van der Waals surface area (Å²) in [6, 6.07) is 0. The molecular weight excluding hydrogens is 248 g/mol. The van der Waals surface area contributed by atoms with Gasteiger partial charge in [0.2, 0.25) is 5.16 Å². The normalized spacial score (nSPS) is 12.1. The van der Waals surface area contributed by atoms with Gasteiger partial charge in [0.1, 0.15) is 11.8 Å². The number of esters is 1. The van der Waals surface area contributed by atoms with Crippen LogP contribution in [0.3, 0.4) is 0 Å². The first kappa shape index (κ1) is 13.4. The Balaban J connectivity index is 2.64. The molecule has 0 saturated carbocycles.